The molecular weight excluding hydrogens is 1130 g/mol. The van der Waals surface area contributed by atoms with Crippen molar-refractivity contribution in [3.63, 3.8) is 0 Å². The first kappa shape index (κ1) is 56.9. The van der Waals surface area contributed by atoms with Gasteiger partial charge in [0.25, 0.3) is 0 Å². The van der Waals surface area contributed by atoms with Crippen LogP contribution in [0.2, 0.25) is 0 Å². The van der Waals surface area contributed by atoms with Crippen molar-refractivity contribution in [1.29, 1.82) is 0 Å². The fourth-order valence-corrected chi connectivity index (χ4v) is 12.5. The molecule has 0 amide bonds. The van der Waals surface area contributed by atoms with Crippen LogP contribution >= 0.6 is 0 Å². The maximum Gasteiger partial charge on any atom is 2.00 e. The molecule has 3 aliphatic rings. The molecule has 2 atom stereocenters. The number of benzene rings is 6. The van der Waals surface area contributed by atoms with Gasteiger partial charge in [-0.2, -0.15) is 5.56 Å². The van der Waals surface area contributed by atoms with Gasteiger partial charge in [0.15, 0.2) is 0 Å². The van der Waals surface area contributed by atoms with Gasteiger partial charge in [-0.25, -0.2) is 4.98 Å². The summed E-state index contributed by atoms with van der Waals surface area (Å²) >= 11 is 0. The SMILES string of the molecule is Cc1cc(Oc2[c-]c(C3=N[C@]4(C)c5ccc(C(C)(C)C)cc5-c5cc(C(C)(C)C)ccc5[C@]4(C)N3c3c(C(C)C)cccc3C(C)C)cc(C(C)(C)C)c2)[c-]c(N2c3ccc(C(C)(C)C)cc3C(C)(C)c3cccnc32)c1.[Pt+2]. The van der Waals surface area contributed by atoms with E-state index in [-0.39, 0.29) is 60.0 Å². The van der Waals surface area contributed by atoms with E-state index in [1.54, 1.807) is 0 Å². The summed E-state index contributed by atoms with van der Waals surface area (Å²) < 4.78 is 7.21. The zero-order valence-electron chi connectivity index (χ0n) is 50.6. The Balaban J connectivity index is 0.00000740. The predicted molar refractivity (Wildman–Crippen MR) is 325 cm³/mol. The van der Waals surface area contributed by atoms with Gasteiger partial charge >= 0.3 is 21.1 Å². The second-order valence-corrected chi connectivity index (χ2v) is 28.3. The van der Waals surface area contributed by atoms with Gasteiger partial charge in [0.2, 0.25) is 0 Å². The first-order valence-electron chi connectivity index (χ1n) is 28.3. The van der Waals surface area contributed by atoms with Crippen LogP contribution in [0.4, 0.5) is 22.9 Å². The third kappa shape index (κ3) is 9.30. The minimum atomic E-state index is -0.730. The molecule has 0 bridgehead atoms. The summed E-state index contributed by atoms with van der Waals surface area (Å²) in [5.41, 5.74) is 18.3. The van der Waals surface area contributed by atoms with Crippen molar-refractivity contribution in [3.8, 4) is 22.6 Å². The number of aliphatic imine (C=N–C) groups is 1. The second kappa shape index (κ2) is 19.2. The number of pyridine rings is 1. The van der Waals surface area contributed by atoms with E-state index in [0.717, 1.165) is 39.7 Å². The van der Waals surface area contributed by atoms with E-state index in [2.05, 4.69) is 277 Å². The summed E-state index contributed by atoms with van der Waals surface area (Å²) in [6.45, 7) is 48.6. The summed E-state index contributed by atoms with van der Waals surface area (Å²) in [5, 5.41) is 0. The molecule has 6 aromatic carbocycles. The largest absolute Gasteiger partial charge is 2.00 e. The van der Waals surface area contributed by atoms with Crippen LogP contribution in [0.25, 0.3) is 11.1 Å². The van der Waals surface area contributed by atoms with E-state index >= 15 is 0 Å². The summed E-state index contributed by atoms with van der Waals surface area (Å²) in [6, 6.07) is 49.2. The predicted octanol–water partition coefficient (Wildman–Crippen LogP) is 19.4. The van der Waals surface area contributed by atoms with Gasteiger partial charge in [-0.1, -0.05) is 222 Å². The maximum absolute atomic E-state index is 7.21. The molecule has 0 unspecified atom stereocenters. The minimum Gasteiger partial charge on any atom is -0.503 e. The number of anilines is 4. The summed E-state index contributed by atoms with van der Waals surface area (Å²) in [7, 11) is 0. The van der Waals surface area contributed by atoms with Crippen molar-refractivity contribution < 1.29 is 25.8 Å². The van der Waals surface area contributed by atoms with E-state index in [0.29, 0.717) is 11.5 Å². The van der Waals surface area contributed by atoms with Crippen LogP contribution in [0.5, 0.6) is 11.5 Å². The van der Waals surface area contributed by atoms with Crippen molar-refractivity contribution >= 4 is 28.7 Å². The fourth-order valence-electron chi connectivity index (χ4n) is 12.5. The third-order valence-corrected chi connectivity index (χ3v) is 17.4. The Morgan fingerprint density at radius 1 is 0.538 bits per heavy atom. The Bertz CT molecular complexity index is 3510. The molecule has 0 saturated carbocycles. The molecule has 0 N–H and O–H groups in total. The molecular formula is C72H84N4OPt. The quantitative estimate of drug-likeness (QED) is 0.149. The topological polar surface area (TPSA) is 41.0 Å². The molecule has 0 spiro atoms. The van der Waals surface area contributed by atoms with Gasteiger partial charge < -0.3 is 19.5 Å². The minimum absolute atomic E-state index is 0. The Hall–Kier alpha value is -5.77. The van der Waals surface area contributed by atoms with E-state index in [1.807, 2.05) is 6.20 Å². The van der Waals surface area contributed by atoms with Crippen molar-refractivity contribution in [2.45, 2.75) is 195 Å². The van der Waals surface area contributed by atoms with Gasteiger partial charge in [0.1, 0.15) is 11.4 Å². The number of hydrogen-bond acceptors (Lipinski definition) is 5. The van der Waals surface area contributed by atoms with Crippen LogP contribution < -0.4 is 14.5 Å². The molecule has 1 aromatic heterocycles. The normalized spacial score (nSPS) is 18.7. The van der Waals surface area contributed by atoms with E-state index < -0.39 is 11.1 Å². The fraction of sp³-hybridized carbons (Fsp3) is 0.417. The van der Waals surface area contributed by atoms with Gasteiger partial charge in [0.05, 0.1) is 11.4 Å². The van der Waals surface area contributed by atoms with Crippen LogP contribution in [-0.2, 0) is 59.2 Å². The van der Waals surface area contributed by atoms with Crippen LogP contribution in [0.15, 0.2) is 120 Å². The molecule has 10 rings (SSSR count). The second-order valence-electron chi connectivity index (χ2n) is 28.3. The maximum atomic E-state index is 7.21. The summed E-state index contributed by atoms with van der Waals surface area (Å²) in [5.74, 6) is 3.50. The van der Waals surface area contributed by atoms with Crippen LogP contribution in [0, 0.1) is 19.1 Å². The summed E-state index contributed by atoms with van der Waals surface area (Å²) in [6.07, 6.45) is 1.90. The molecule has 7 aromatic rings. The molecule has 6 heteroatoms. The average Bonchev–Trinajstić information content (AvgIpc) is 3.74. The Morgan fingerprint density at radius 2 is 1.08 bits per heavy atom. The Labute approximate surface area is 483 Å². The standard InChI is InChI=1S/C72H84N4O.Pt/c1-43(2)54-24-22-25-55(44(3)4)63(54)76-64(74-71(20)58-30-27-47(66(6,7)8)39-56(58)57-40-48(67(9,10)11)28-31-59(57)72(71,76)21)46-36-50(69(15,16)17)38-53(37-46)77-52-35-45(5)34-51(42-52)75-62-32-29-49(68(12,13)14)41-61(62)70(18,19)60-26-23-33-73-65(60)75;/h22-36,38-41,43-44H,1-21H3;/q-2;+2/t71-,72+;/m1./s1. The number of fused-ring (bicyclic) bond motifs is 8. The monoisotopic (exact) mass is 1220 g/mol. The van der Waals surface area contributed by atoms with Crippen LogP contribution in [0.1, 0.15) is 217 Å². The summed E-state index contributed by atoms with van der Waals surface area (Å²) in [4.78, 5) is 16.2. The van der Waals surface area contributed by atoms with Gasteiger partial charge in [-0.05, 0) is 115 Å². The Kier molecular flexibility index (Phi) is 14.0. The number of para-hydroxylation sites is 1. The molecule has 5 nitrogen and oxygen atoms in total. The molecule has 0 radical (unpaired) electrons. The number of hydrogen-bond donors (Lipinski definition) is 0. The first-order chi connectivity index (χ1) is 35.7. The van der Waals surface area contributed by atoms with Crippen molar-refractivity contribution in [2.75, 3.05) is 9.80 Å². The molecule has 78 heavy (non-hydrogen) atoms. The number of ether oxygens (including phenoxy) is 1. The number of aromatic nitrogens is 1. The molecule has 1 aliphatic carbocycles. The zero-order valence-corrected chi connectivity index (χ0v) is 52.9. The van der Waals surface area contributed by atoms with Crippen molar-refractivity contribution in [3.05, 3.63) is 194 Å². The van der Waals surface area contributed by atoms with Crippen molar-refractivity contribution in [2.24, 2.45) is 4.99 Å². The van der Waals surface area contributed by atoms with Crippen LogP contribution in [-0.4, -0.2) is 10.8 Å². The Morgan fingerprint density at radius 3 is 1.65 bits per heavy atom. The van der Waals surface area contributed by atoms with Crippen LogP contribution in [0.3, 0.4) is 0 Å². The molecule has 0 saturated heterocycles. The number of aryl methyl sites for hydroxylation is 1. The zero-order chi connectivity index (χ0) is 55.9. The van der Waals surface area contributed by atoms with E-state index in [4.69, 9.17) is 14.7 Å². The molecule has 3 heterocycles. The first-order valence-corrected chi connectivity index (χ1v) is 28.3. The number of nitrogens with zero attached hydrogens (tertiary/aromatic N) is 4. The molecule has 2 aliphatic heterocycles. The molecule has 408 valence electrons. The molecule has 0 fully saturated rings. The van der Waals surface area contributed by atoms with Gasteiger partial charge in [-0.3, -0.25) is 0 Å². The average molecular weight is 1220 g/mol. The van der Waals surface area contributed by atoms with E-state index in [1.165, 1.54) is 66.9 Å². The van der Waals surface area contributed by atoms with Crippen molar-refractivity contribution in [1.82, 2.24) is 4.98 Å². The number of amidine groups is 1. The van der Waals surface area contributed by atoms with Gasteiger partial charge in [0, 0.05) is 40.0 Å². The number of rotatable bonds is 7. The van der Waals surface area contributed by atoms with Gasteiger partial charge in [-0.15, -0.1) is 35.4 Å². The third-order valence-electron chi connectivity index (χ3n) is 17.4. The van der Waals surface area contributed by atoms with E-state index in [9.17, 15) is 0 Å². The smallest absolute Gasteiger partial charge is 0.503 e.